The molecule has 2 rings (SSSR count). The Labute approximate surface area is 116 Å². The van der Waals surface area contributed by atoms with E-state index in [2.05, 4.69) is 10.1 Å². The zero-order valence-electron chi connectivity index (χ0n) is 11.0. The van der Waals surface area contributed by atoms with E-state index in [9.17, 15) is 0 Å². The van der Waals surface area contributed by atoms with E-state index in [0.29, 0.717) is 29.5 Å². The molecule has 1 aromatic carbocycles. The number of para-hydroxylation sites is 2. The van der Waals surface area contributed by atoms with Gasteiger partial charge >= 0.3 is 0 Å². The van der Waals surface area contributed by atoms with E-state index >= 15 is 0 Å². The number of oxime groups is 1. The minimum Gasteiger partial charge on any atom is -0.490 e. The minimum atomic E-state index is -0.00114. The smallest absolute Gasteiger partial charge is 0.219 e. The van der Waals surface area contributed by atoms with Gasteiger partial charge in [-0.05, 0) is 25.1 Å². The van der Waals surface area contributed by atoms with E-state index in [1.807, 2.05) is 25.1 Å². The van der Waals surface area contributed by atoms with Crippen LogP contribution in [0.25, 0.3) is 0 Å². The number of hydrogen-bond donors (Lipinski definition) is 2. The Morgan fingerprint density at radius 3 is 2.60 bits per heavy atom. The summed E-state index contributed by atoms with van der Waals surface area (Å²) in [7, 11) is 0. The minimum absolute atomic E-state index is 0.00114. The highest BCUT2D eigenvalue weighted by atomic mass is 16.5. The fourth-order valence-corrected chi connectivity index (χ4v) is 1.57. The first-order valence-corrected chi connectivity index (χ1v) is 6.08. The Morgan fingerprint density at radius 1 is 1.25 bits per heavy atom. The second-order valence-corrected chi connectivity index (χ2v) is 3.85. The predicted octanol–water partition coefficient (Wildman–Crippen LogP) is 2.37. The maximum absolute atomic E-state index is 8.58. The Bertz CT molecular complexity index is 597. The van der Waals surface area contributed by atoms with Crippen LogP contribution in [0.2, 0.25) is 0 Å². The molecule has 0 radical (unpaired) electrons. The molecule has 0 amide bonds. The Kier molecular flexibility index (Phi) is 4.39. The third kappa shape index (κ3) is 3.17. The molecule has 0 bridgehead atoms. The first-order chi connectivity index (χ1) is 9.74. The summed E-state index contributed by atoms with van der Waals surface area (Å²) in [6, 6.07) is 10.6. The second-order valence-electron chi connectivity index (χ2n) is 3.85. The molecule has 1 heterocycles. The van der Waals surface area contributed by atoms with Crippen molar-refractivity contribution in [2.75, 3.05) is 6.61 Å². The average Bonchev–Trinajstić information content (AvgIpc) is 2.49. The van der Waals surface area contributed by atoms with Crippen molar-refractivity contribution < 1.29 is 14.7 Å². The molecule has 3 N–H and O–H groups in total. The van der Waals surface area contributed by atoms with E-state index in [0.717, 1.165) is 0 Å². The zero-order valence-corrected chi connectivity index (χ0v) is 11.0. The number of ether oxygens (including phenoxy) is 2. The number of amidine groups is 1. The van der Waals surface area contributed by atoms with Crippen LogP contribution in [0.1, 0.15) is 12.5 Å². The summed E-state index contributed by atoms with van der Waals surface area (Å²) in [4.78, 5) is 4.09. The molecule has 0 unspecified atom stereocenters. The molecule has 2 aromatic rings. The summed E-state index contributed by atoms with van der Waals surface area (Å²) in [5, 5.41) is 11.5. The third-order valence-electron chi connectivity index (χ3n) is 2.50. The highest BCUT2D eigenvalue weighted by molar-refractivity contribution is 5.96. The molecular weight excluding hydrogens is 258 g/mol. The fourth-order valence-electron chi connectivity index (χ4n) is 1.57. The van der Waals surface area contributed by atoms with E-state index in [1.54, 1.807) is 18.2 Å². The largest absolute Gasteiger partial charge is 0.490 e. The number of rotatable bonds is 5. The van der Waals surface area contributed by atoms with Crippen LogP contribution in [0.5, 0.6) is 17.4 Å². The van der Waals surface area contributed by atoms with Crippen molar-refractivity contribution in [1.82, 2.24) is 4.98 Å². The van der Waals surface area contributed by atoms with Gasteiger partial charge in [0.1, 0.15) is 0 Å². The molecule has 0 aliphatic carbocycles. The van der Waals surface area contributed by atoms with Gasteiger partial charge < -0.3 is 20.4 Å². The quantitative estimate of drug-likeness (QED) is 0.378. The van der Waals surface area contributed by atoms with Gasteiger partial charge in [0, 0.05) is 17.8 Å². The first kappa shape index (κ1) is 13.7. The molecule has 0 atom stereocenters. The molecule has 6 heteroatoms. The summed E-state index contributed by atoms with van der Waals surface area (Å²) >= 11 is 0. The average molecular weight is 273 g/mol. The highest BCUT2D eigenvalue weighted by Crippen LogP contribution is 2.30. The molecule has 1 aromatic heterocycles. The SMILES string of the molecule is CCOc1ccccc1Oc1ccc(/C(N)=N/O)cn1. The third-order valence-corrected chi connectivity index (χ3v) is 2.50. The number of benzene rings is 1. The second kappa shape index (κ2) is 6.42. The van der Waals surface area contributed by atoms with Gasteiger partial charge in [-0.3, -0.25) is 0 Å². The van der Waals surface area contributed by atoms with Crippen LogP contribution in [0.15, 0.2) is 47.8 Å². The Balaban J connectivity index is 2.18. The molecule has 0 saturated carbocycles. The van der Waals surface area contributed by atoms with Crippen LogP contribution < -0.4 is 15.2 Å². The molecule has 0 spiro atoms. The van der Waals surface area contributed by atoms with Gasteiger partial charge in [-0.15, -0.1) is 0 Å². The summed E-state index contributed by atoms with van der Waals surface area (Å²) in [5.74, 6) is 1.63. The van der Waals surface area contributed by atoms with Crippen LogP contribution in [0.4, 0.5) is 0 Å². The van der Waals surface area contributed by atoms with Crippen LogP contribution in [0.3, 0.4) is 0 Å². The van der Waals surface area contributed by atoms with Crippen LogP contribution >= 0.6 is 0 Å². The summed E-state index contributed by atoms with van der Waals surface area (Å²) in [5.41, 5.74) is 5.97. The lowest BCUT2D eigenvalue weighted by atomic mass is 10.2. The molecule has 0 aliphatic heterocycles. The summed E-state index contributed by atoms with van der Waals surface area (Å²) in [6.07, 6.45) is 1.47. The van der Waals surface area contributed by atoms with Crippen molar-refractivity contribution in [3.63, 3.8) is 0 Å². The Hall–Kier alpha value is -2.76. The van der Waals surface area contributed by atoms with Crippen molar-refractivity contribution in [2.45, 2.75) is 6.92 Å². The number of aromatic nitrogens is 1. The lowest BCUT2D eigenvalue weighted by Crippen LogP contribution is -2.13. The van der Waals surface area contributed by atoms with Gasteiger partial charge in [-0.25, -0.2) is 4.98 Å². The van der Waals surface area contributed by atoms with Crippen molar-refractivity contribution in [2.24, 2.45) is 10.9 Å². The predicted molar refractivity (Wildman–Crippen MR) is 74.4 cm³/mol. The van der Waals surface area contributed by atoms with E-state index in [-0.39, 0.29) is 5.84 Å². The zero-order chi connectivity index (χ0) is 14.4. The van der Waals surface area contributed by atoms with Crippen molar-refractivity contribution >= 4 is 5.84 Å². The van der Waals surface area contributed by atoms with Gasteiger partial charge in [0.2, 0.25) is 5.88 Å². The molecular formula is C14H15N3O3. The van der Waals surface area contributed by atoms with Crippen LogP contribution in [0, 0.1) is 0 Å². The van der Waals surface area contributed by atoms with Crippen LogP contribution in [-0.2, 0) is 0 Å². The number of nitrogens with two attached hydrogens (primary N) is 1. The monoisotopic (exact) mass is 273 g/mol. The molecule has 0 aliphatic rings. The van der Waals surface area contributed by atoms with Gasteiger partial charge in [0.25, 0.3) is 0 Å². The molecule has 20 heavy (non-hydrogen) atoms. The van der Waals surface area contributed by atoms with Gasteiger partial charge in [-0.1, -0.05) is 17.3 Å². The molecule has 104 valence electrons. The molecule has 0 saturated heterocycles. The fraction of sp³-hybridized carbons (Fsp3) is 0.143. The number of pyridine rings is 1. The summed E-state index contributed by atoms with van der Waals surface area (Å²) < 4.78 is 11.1. The first-order valence-electron chi connectivity index (χ1n) is 6.08. The molecule has 0 fully saturated rings. The lowest BCUT2D eigenvalue weighted by Gasteiger charge is -2.10. The van der Waals surface area contributed by atoms with E-state index < -0.39 is 0 Å². The lowest BCUT2D eigenvalue weighted by molar-refractivity contribution is 0.318. The van der Waals surface area contributed by atoms with Crippen molar-refractivity contribution in [3.8, 4) is 17.4 Å². The maximum Gasteiger partial charge on any atom is 0.219 e. The van der Waals surface area contributed by atoms with E-state index in [4.69, 9.17) is 20.4 Å². The number of nitrogens with zero attached hydrogens (tertiary/aromatic N) is 2. The summed E-state index contributed by atoms with van der Waals surface area (Å²) in [6.45, 7) is 2.46. The maximum atomic E-state index is 8.58. The Morgan fingerprint density at radius 2 is 2.00 bits per heavy atom. The normalized spacial score (nSPS) is 11.2. The van der Waals surface area contributed by atoms with E-state index in [1.165, 1.54) is 6.20 Å². The van der Waals surface area contributed by atoms with Crippen molar-refractivity contribution in [1.29, 1.82) is 0 Å². The standard InChI is InChI=1S/C14H15N3O3/c1-2-19-11-5-3-4-6-12(11)20-13-8-7-10(9-16-13)14(15)17-18/h3-9,18H,2H2,1H3,(H2,15,17). The topological polar surface area (TPSA) is 90.0 Å². The highest BCUT2D eigenvalue weighted by Gasteiger charge is 2.06. The van der Waals surface area contributed by atoms with Gasteiger partial charge in [-0.2, -0.15) is 0 Å². The van der Waals surface area contributed by atoms with Crippen LogP contribution in [-0.4, -0.2) is 22.6 Å². The van der Waals surface area contributed by atoms with Crippen molar-refractivity contribution in [3.05, 3.63) is 48.2 Å². The molecule has 6 nitrogen and oxygen atoms in total. The van der Waals surface area contributed by atoms with Gasteiger partial charge in [0.05, 0.1) is 6.61 Å². The van der Waals surface area contributed by atoms with Gasteiger partial charge in [0.15, 0.2) is 17.3 Å². The number of hydrogen-bond acceptors (Lipinski definition) is 5.